The van der Waals surface area contributed by atoms with E-state index in [-0.39, 0.29) is 29.1 Å². The quantitative estimate of drug-likeness (QED) is 0.534. The Morgan fingerprint density at radius 3 is 2.78 bits per heavy atom. The van der Waals surface area contributed by atoms with Crippen LogP contribution in [-0.4, -0.2) is 51.2 Å². The number of hydrogen-bond acceptors (Lipinski definition) is 6. The Labute approximate surface area is 184 Å². The molecular weight excluding hydrogens is 412 g/mol. The van der Waals surface area contributed by atoms with Crippen molar-refractivity contribution in [1.82, 2.24) is 19.9 Å². The number of imidazole rings is 1. The number of nitrogens with zero attached hydrogens (tertiary/aromatic N) is 3. The van der Waals surface area contributed by atoms with E-state index in [2.05, 4.69) is 20.3 Å². The number of amides is 3. The molecule has 1 aliphatic heterocycles. The largest absolute Gasteiger partial charge is 0.480 e. The van der Waals surface area contributed by atoms with Gasteiger partial charge in [0.25, 0.3) is 5.91 Å². The minimum atomic E-state index is -0.860. The van der Waals surface area contributed by atoms with Crippen LogP contribution < -0.4 is 15.8 Å². The Morgan fingerprint density at radius 1 is 1.22 bits per heavy atom. The Kier molecular flexibility index (Phi) is 5.76. The van der Waals surface area contributed by atoms with Crippen molar-refractivity contribution in [2.24, 2.45) is 11.7 Å². The van der Waals surface area contributed by atoms with Crippen molar-refractivity contribution in [1.29, 1.82) is 0 Å². The molecule has 4 N–H and O–H groups in total. The molecule has 4 rings (SSSR count). The predicted octanol–water partition coefficient (Wildman–Crippen LogP) is 2.00. The Hall–Kier alpha value is -3.95. The molecule has 0 aliphatic carbocycles. The van der Waals surface area contributed by atoms with Crippen LogP contribution in [0.1, 0.15) is 41.7 Å². The van der Waals surface area contributed by atoms with Crippen LogP contribution in [0.3, 0.4) is 0 Å². The highest BCUT2D eigenvalue weighted by Gasteiger charge is 2.35. The minimum Gasteiger partial charge on any atom is -0.480 e. The van der Waals surface area contributed by atoms with Gasteiger partial charge in [-0.15, -0.1) is 0 Å². The molecule has 166 valence electrons. The average Bonchev–Trinajstić information content (AvgIpc) is 3.26. The molecule has 1 aromatic carbocycles. The van der Waals surface area contributed by atoms with Crippen molar-refractivity contribution in [3.05, 3.63) is 47.9 Å². The van der Waals surface area contributed by atoms with Gasteiger partial charge in [-0.3, -0.25) is 14.4 Å². The molecule has 1 saturated heterocycles. The van der Waals surface area contributed by atoms with Crippen LogP contribution in [0.4, 0.5) is 5.69 Å². The van der Waals surface area contributed by atoms with Crippen LogP contribution in [0.25, 0.3) is 11.0 Å². The van der Waals surface area contributed by atoms with Crippen molar-refractivity contribution in [3.63, 3.8) is 0 Å². The van der Waals surface area contributed by atoms with Crippen molar-refractivity contribution in [2.45, 2.75) is 25.8 Å². The lowest BCUT2D eigenvalue weighted by Gasteiger charge is -2.38. The van der Waals surface area contributed by atoms with Crippen molar-refractivity contribution in [2.75, 3.05) is 19.0 Å². The molecule has 0 radical (unpaired) electrons. The molecule has 1 aliphatic rings. The number of aromatic nitrogens is 3. The van der Waals surface area contributed by atoms with Gasteiger partial charge >= 0.3 is 11.8 Å². The van der Waals surface area contributed by atoms with Gasteiger partial charge in [0.1, 0.15) is 5.56 Å². The van der Waals surface area contributed by atoms with Crippen molar-refractivity contribution >= 4 is 34.4 Å². The fourth-order valence-corrected chi connectivity index (χ4v) is 4.13. The van der Waals surface area contributed by atoms with Crippen LogP contribution in [0.2, 0.25) is 0 Å². The highest BCUT2D eigenvalue weighted by Crippen LogP contribution is 2.34. The van der Waals surface area contributed by atoms with Crippen LogP contribution in [0.15, 0.2) is 36.8 Å². The van der Waals surface area contributed by atoms with Gasteiger partial charge in [-0.1, -0.05) is 13.0 Å². The maximum Gasteiger partial charge on any atom is 0.313 e. The number of carbonyl (C=O) groups excluding carboxylic acids is 3. The number of ether oxygens (including phenoxy) is 1. The van der Waals surface area contributed by atoms with E-state index in [1.807, 2.05) is 25.1 Å². The SMILES string of the molecule is COc1nccc(NC(=O)C(=O)N2C[C@H](C)CC[C@H]2c2ccc3[nH]cnc3c2)c1C(N)=O. The Morgan fingerprint density at radius 2 is 2.03 bits per heavy atom. The zero-order valence-corrected chi connectivity index (χ0v) is 17.8. The van der Waals surface area contributed by atoms with E-state index in [0.29, 0.717) is 6.54 Å². The Bertz CT molecular complexity index is 1190. The number of hydrogen-bond donors (Lipinski definition) is 3. The number of primary amides is 1. The number of H-pyrrole nitrogens is 1. The van der Waals surface area contributed by atoms with Gasteiger partial charge in [0, 0.05) is 12.7 Å². The van der Waals surface area contributed by atoms with Gasteiger partial charge in [-0.2, -0.15) is 0 Å². The number of piperidine rings is 1. The number of carbonyl (C=O) groups is 3. The van der Waals surface area contributed by atoms with E-state index in [0.717, 1.165) is 29.4 Å². The van der Waals surface area contributed by atoms with Crippen molar-refractivity contribution in [3.8, 4) is 5.88 Å². The maximum atomic E-state index is 13.2. The topological polar surface area (TPSA) is 143 Å². The maximum absolute atomic E-state index is 13.2. The number of nitrogens with two attached hydrogens (primary N) is 1. The van der Waals surface area contributed by atoms with Gasteiger partial charge in [0.2, 0.25) is 5.88 Å². The third kappa shape index (κ3) is 3.98. The first-order chi connectivity index (χ1) is 15.4. The molecule has 2 atom stereocenters. The molecule has 0 saturated carbocycles. The molecule has 10 heteroatoms. The van der Waals surface area contributed by atoms with Gasteiger partial charge in [-0.25, -0.2) is 9.97 Å². The van der Waals surface area contributed by atoms with E-state index >= 15 is 0 Å². The summed E-state index contributed by atoms with van der Waals surface area (Å²) in [5.41, 5.74) is 8.02. The lowest BCUT2D eigenvalue weighted by atomic mass is 9.89. The smallest absolute Gasteiger partial charge is 0.313 e. The Balaban J connectivity index is 1.61. The number of benzene rings is 1. The molecular formula is C22H24N6O4. The molecule has 3 heterocycles. The van der Waals surface area contributed by atoms with Gasteiger partial charge in [-0.05, 0) is 42.5 Å². The molecule has 3 aromatic rings. The number of likely N-dealkylation sites (tertiary alicyclic amines) is 1. The zero-order valence-electron chi connectivity index (χ0n) is 17.8. The van der Waals surface area contributed by atoms with Gasteiger partial charge in [0.05, 0.1) is 36.2 Å². The number of fused-ring (bicyclic) bond motifs is 1. The summed E-state index contributed by atoms with van der Waals surface area (Å²) in [5, 5.41) is 2.51. The second-order valence-corrected chi connectivity index (χ2v) is 7.90. The fraction of sp³-hybridized carbons (Fsp3) is 0.318. The number of methoxy groups -OCH3 is 1. The molecule has 1 fully saturated rings. The first-order valence-corrected chi connectivity index (χ1v) is 10.3. The normalized spacial score (nSPS) is 18.4. The third-order valence-electron chi connectivity index (χ3n) is 5.71. The molecule has 2 aromatic heterocycles. The van der Waals surface area contributed by atoms with Crippen LogP contribution in [-0.2, 0) is 9.59 Å². The summed E-state index contributed by atoms with van der Waals surface area (Å²) in [5.74, 6) is -2.15. The standard InChI is InChI=1S/C22H24N6O4/c1-12-3-6-17(13-4-5-14-16(9-13)26-11-25-14)28(10-12)22(31)20(30)27-15-7-8-24-21(32-2)18(15)19(23)29/h4-5,7-9,11-12,17H,3,6,10H2,1-2H3,(H2,23,29)(H,25,26)(H,24,27,30)/t12-,17+/m1/s1. The number of rotatable bonds is 4. The van der Waals surface area contributed by atoms with E-state index < -0.39 is 17.7 Å². The van der Waals surface area contributed by atoms with E-state index in [4.69, 9.17) is 10.5 Å². The van der Waals surface area contributed by atoms with Crippen LogP contribution in [0.5, 0.6) is 5.88 Å². The summed E-state index contributed by atoms with van der Waals surface area (Å²) < 4.78 is 5.06. The molecule has 32 heavy (non-hydrogen) atoms. The number of aromatic amines is 1. The highest BCUT2D eigenvalue weighted by atomic mass is 16.5. The predicted molar refractivity (Wildman–Crippen MR) is 117 cm³/mol. The zero-order chi connectivity index (χ0) is 22.8. The summed E-state index contributed by atoms with van der Waals surface area (Å²) >= 11 is 0. The summed E-state index contributed by atoms with van der Waals surface area (Å²) in [4.78, 5) is 50.8. The molecule has 0 unspecified atom stereocenters. The summed E-state index contributed by atoms with van der Waals surface area (Å²) in [6.45, 7) is 2.49. The number of pyridine rings is 1. The van der Waals surface area contributed by atoms with Crippen LogP contribution in [0, 0.1) is 5.92 Å². The first-order valence-electron chi connectivity index (χ1n) is 10.3. The monoisotopic (exact) mass is 436 g/mol. The highest BCUT2D eigenvalue weighted by molar-refractivity contribution is 6.40. The molecule has 0 spiro atoms. The second kappa shape index (κ2) is 8.66. The second-order valence-electron chi connectivity index (χ2n) is 7.90. The lowest BCUT2D eigenvalue weighted by Crippen LogP contribution is -2.46. The first kappa shape index (κ1) is 21.3. The molecule has 3 amide bonds. The van der Waals surface area contributed by atoms with E-state index in [9.17, 15) is 14.4 Å². The van der Waals surface area contributed by atoms with E-state index in [1.54, 1.807) is 11.2 Å². The van der Waals surface area contributed by atoms with E-state index in [1.165, 1.54) is 19.4 Å². The molecule has 10 nitrogen and oxygen atoms in total. The average molecular weight is 436 g/mol. The summed E-state index contributed by atoms with van der Waals surface area (Å²) in [6.07, 6.45) is 4.64. The summed E-state index contributed by atoms with van der Waals surface area (Å²) in [6, 6.07) is 6.94. The van der Waals surface area contributed by atoms with Crippen molar-refractivity contribution < 1.29 is 19.1 Å². The lowest BCUT2D eigenvalue weighted by molar-refractivity contribution is -0.146. The number of nitrogens with one attached hydrogen (secondary N) is 2. The number of anilines is 1. The van der Waals surface area contributed by atoms with Crippen LogP contribution >= 0.6 is 0 Å². The minimum absolute atomic E-state index is 0.0282. The third-order valence-corrected chi connectivity index (χ3v) is 5.71. The van der Waals surface area contributed by atoms with Gasteiger partial charge in [0.15, 0.2) is 0 Å². The summed E-state index contributed by atoms with van der Waals surface area (Å²) in [7, 11) is 1.33. The molecule has 0 bridgehead atoms. The fourth-order valence-electron chi connectivity index (χ4n) is 4.13. The van der Waals surface area contributed by atoms with Gasteiger partial charge < -0.3 is 25.7 Å².